The fourth-order valence-corrected chi connectivity index (χ4v) is 1.87. The number of hydrogen-bond acceptors (Lipinski definition) is 2. The molecule has 4 heteroatoms. The van der Waals surface area contributed by atoms with E-state index in [2.05, 4.69) is 21.9 Å². The second-order valence-electron chi connectivity index (χ2n) is 3.90. The van der Waals surface area contributed by atoms with E-state index >= 15 is 0 Å². The van der Waals surface area contributed by atoms with E-state index in [1.54, 1.807) is 0 Å². The molecule has 0 bridgehead atoms. The zero-order valence-electron chi connectivity index (χ0n) is 8.88. The van der Waals surface area contributed by atoms with Crippen LogP contribution in [0.4, 0.5) is 0 Å². The molecule has 1 saturated heterocycles. The summed E-state index contributed by atoms with van der Waals surface area (Å²) in [6, 6.07) is 4.09. The fraction of sp³-hybridized carbons (Fsp3) is 0.545. The molecule has 0 aromatic carbocycles. The van der Waals surface area contributed by atoms with E-state index in [0.29, 0.717) is 0 Å². The molecule has 2 rings (SSSR count). The third-order valence-electron chi connectivity index (χ3n) is 2.90. The zero-order chi connectivity index (χ0) is 10.5. The molecular formula is C11H17N3O. The number of aromatic nitrogens is 1. The summed E-state index contributed by atoms with van der Waals surface area (Å²) in [6.07, 6.45) is 5.12. The van der Waals surface area contributed by atoms with Crippen molar-refractivity contribution < 1.29 is 4.79 Å². The molecule has 4 nitrogen and oxygen atoms in total. The lowest BCUT2D eigenvalue weighted by molar-refractivity contribution is -0.119. The molecule has 1 aliphatic heterocycles. The molecule has 1 aromatic rings. The van der Waals surface area contributed by atoms with Crippen molar-refractivity contribution in [1.29, 1.82) is 0 Å². The van der Waals surface area contributed by atoms with Crippen LogP contribution in [0.25, 0.3) is 0 Å². The average molecular weight is 207 g/mol. The molecule has 0 aliphatic carbocycles. The first-order valence-electron chi connectivity index (χ1n) is 5.41. The Morgan fingerprint density at radius 2 is 1.67 bits per heavy atom. The normalized spacial score (nSPS) is 18.0. The van der Waals surface area contributed by atoms with Gasteiger partial charge in [-0.05, 0) is 12.1 Å². The van der Waals surface area contributed by atoms with Crippen LogP contribution in [0.2, 0.25) is 0 Å². The number of amides is 1. The lowest BCUT2D eigenvalue weighted by Gasteiger charge is -2.32. The minimum atomic E-state index is 0.870. The molecule has 0 atom stereocenters. The van der Waals surface area contributed by atoms with Gasteiger partial charge in [0.25, 0.3) is 0 Å². The molecule has 1 fully saturated rings. The van der Waals surface area contributed by atoms with Crippen molar-refractivity contribution in [3.05, 3.63) is 24.5 Å². The Labute approximate surface area is 90.1 Å². The van der Waals surface area contributed by atoms with Crippen LogP contribution in [0.15, 0.2) is 24.5 Å². The third-order valence-corrected chi connectivity index (χ3v) is 2.90. The monoisotopic (exact) mass is 207 g/mol. The van der Waals surface area contributed by atoms with Crippen molar-refractivity contribution >= 4 is 6.41 Å². The molecule has 2 heterocycles. The molecule has 0 unspecified atom stereocenters. The number of nitrogens with zero attached hydrogens (tertiary/aromatic N) is 3. The van der Waals surface area contributed by atoms with Crippen LogP contribution in [0.1, 0.15) is 0 Å². The smallest absolute Gasteiger partial charge is 0.209 e. The molecule has 1 aromatic heterocycles. The van der Waals surface area contributed by atoms with Gasteiger partial charge in [0.2, 0.25) is 6.41 Å². The minimum absolute atomic E-state index is 0.870. The van der Waals surface area contributed by atoms with Gasteiger partial charge >= 0.3 is 0 Å². The minimum Gasteiger partial charge on any atom is -0.353 e. The predicted octanol–water partition coefficient (Wildman–Crippen LogP) is 0.262. The average Bonchev–Trinajstić information content (AvgIpc) is 2.80. The van der Waals surface area contributed by atoms with Crippen LogP contribution in [0.3, 0.4) is 0 Å². The summed E-state index contributed by atoms with van der Waals surface area (Å²) < 4.78 is 2.19. The molecule has 1 aliphatic rings. The molecular weight excluding hydrogens is 190 g/mol. The Balaban J connectivity index is 1.71. The standard InChI is InChI=1S/C11H17N3O/c15-11-14-9-7-13(8-10-14)6-5-12-3-1-2-4-12/h1-4,11H,5-10H2. The van der Waals surface area contributed by atoms with Gasteiger partial charge in [0, 0.05) is 51.7 Å². The lowest BCUT2D eigenvalue weighted by atomic mass is 10.3. The summed E-state index contributed by atoms with van der Waals surface area (Å²) in [5.74, 6) is 0. The summed E-state index contributed by atoms with van der Waals surface area (Å²) in [5, 5.41) is 0. The number of piperazine rings is 1. The first-order valence-corrected chi connectivity index (χ1v) is 5.41. The number of carbonyl (C=O) groups is 1. The molecule has 1 amide bonds. The van der Waals surface area contributed by atoms with Crippen LogP contribution in [0.5, 0.6) is 0 Å². The third kappa shape index (κ3) is 2.83. The summed E-state index contributed by atoms with van der Waals surface area (Å²) >= 11 is 0. The van der Waals surface area contributed by atoms with Gasteiger partial charge in [-0.1, -0.05) is 0 Å². The van der Waals surface area contributed by atoms with E-state index in [0.717, 1.165) is 45.7 Å². The van der Waals surface area contributed by atoms with Crippen LogP contribution >= 0.6 is 0 Å². The van der Waals surface area contributed by atoms with Crippen molar-refractivity contribution in [1.82, 2.24) is 14.4 Å². The van der Waals surface area contributed by atoms with Crippen molar-refractivity contribution in [3.63, 3.8) is 0 Å². The largest absolute Gasteiger partial charge is 0.353 e. The Morgan fingerprint density at radius 1 is 1.00 bits per heavy atom. The summed E-state index contributed by atoms with van der Waals surface area (Å²) in [4.78, 5) is 14.8. The number of hydrogen-bond donors (Lipinski definition) is 0. The Morgan fingerprint density at radius 3 is 2.27 bits per heavy atom. The van der Waals surface area contributed by atoms with Gasteiger partial charge in [-0.25, -0.2) is 0 Å². The molecule has 15 heavy (non-hydrogen) atoms. The van der Waals surface area contributed by atoms with Crippen LogP contribution < -0.4 is 0 Å². The summed E-state index contributed by atoms with van der Waals surface area (Å²) in [7, 11) is 0. The highest BCUT2D eigenvalue weighted by molar-refractivity contribution is 5.47. The molecule has 0 saturated carbocycles. The molecule has 0 radical (unpaired) electrons. The van der Waals surface area contributed by atoms with Crippen molar-refractivity contribution in [2.45, 2.75) is 6.54 Å². The Bertz CT molecular complexity index is 289. The van der Waals surface area contributed by atoms with Gasteiger partial charge in [0.1, 0.15) is 0 Å². The topological polar surface area (TPSA) is 28.5 Å². The molecule has 0 N–H and O–H groups in total. The maximum Gasteiger partial charge on any atom is 0.209 e. The quantitative estimate of drug-likeness (QED) is 0.663. The summed E-state index contributed by atoms with van der Waals surface area (Å²) in [6.45, 7) is 5.85. The Hall–Kier alpha value is -1.29. The van der Waals surface area contributed by atoms with E-state index in [9.17, 15) is 4.79 Å². The van der Waals surface area contributed by atoms with Crippen molar-refractivity contribution in [2.24, 2.45) is 0 Å². The van der Waals surface area contributed by atoms with E-state index in [-0.39, 0.29) is 0 Å². The van der Waals surface area contributed by atoms with Gasteiger partial charge in [-0.3, -0.25) is 9.69 Å². The predicted molar refractivity (Wildman–Crippen MR) is 58.5 cm³/mol. The second kappa shape index (κ2) is 4.98. The maximum absolute atomic E-state index is 10.5. The van der Waals surface area contributed by atoms with E-state index in [1.807, 2.05) is 17.0 Å². The van der Waals surface area contributed by atoms with Crippen LogP contribution in [-0.2, 0) is 11.3 Å². The van der Waals surface area contributed by atoms with Gasteiger partial charge < -0.3 is 9.47 Å². The highest BCUT2D eigenvalue weighted by Crippen LogP contribution is 2.00. The summed E-state index contributed by atoms with van der Waals surface area (Å²) in [5.41, 5.74) is 0. The molecule has 0 spiro atoms. The highest BCUT2D eigenvalue weighted by Gasteiger charge is 2.14. The van der Waals surface area contributed by atoms with Crippen LogP contribution in [-0.4, -0.2) is 53.5 Å². The van der Waals surface area contributed by atoms with Gasteiger partial charge in [-0.2, -0.15) is 0 Å². The first-order chi connectivity index (χ1) is 7.38. The molecule has 82 valence electrons. The van der Waals surface area contributed by atoms with Crippen LogP contribution in [0, 0.1) is 0 Å². The van der Waals surface area contributed by atoms with E-state index in [4.69, 9.17) is 0 Å². The highest BCUT2D eigenvalue weighted by atomic mass is 16.1. The lowest BCUT2D eigenvalue weighted by Crippen LogP contribution is -2.46. The van der Waals surface area contributed by atoms with E-state index in [1.165, 1.54) is 0 Å². The first kappa shape index (κ1) is 10.2. The zero-order valence-corrected chi connectivity index (χ0v) is 8.88. The fourth-order valence-electron chi connectivity index (χ4n) is 1.87. The van der Waals surface area contributed by atoms with Crippen molar-refractivity contribution in [3.8, 4) is 0 Å². The SMILES string of the molecule is O=CN1CCN(CCn2cccc2)CC1. The maximum atomic E-state index is 10.5. The van der Waals surface area contributed by atoms with Crippen molar-refractivity contribution in [2.75, 3.05) is 32.7 Å². The van der Waals surface area contributed by atoms with E-state index < -0.39 is 0 Å². The number of rotatable bonds is 4. The van der Waals surface area contributed by atoms with Gasteiger partial charge in [0.15, 0.2) is 0 Å². The van der Waals surface area contributed by atoms with Gasteiger partial charge in [-0.15, -0.1) is 0 Å². The number of carbonyl (C=O) groups excluding carboxylic acids is 1. The van der Waals surface area contributed by atoms with Gasteiger partial charge in [0.05, 0.1) is 0 Å². The Kier molecular flexibility index (Phi) is 3.40. The second-order valence-corrected chi connectivity index (χ2v) is 3.90.